The first kappa shape index (κ1) is 34.0. The summed E-state index contributed by atoms with van der Waals surface area (Å²) in [6.45, 7) is 16.3. The first-order valence-corrected chi connectivity index (χ1v) is 19.4. The maximum atomic E-state index is 2.50. The van der Waals surface area contributed by atoms with Gasteiger partial charge in [-0.15, -0.1) is 0 Å². The Morgan fingerprint density at radius 2 is 0.741 bits per heavy atom. The van der Waals surface area contributed by atoms with Crippen LogP contribution in [0.3, 0.4) is 0 Å². The van der Waals surface area contributed by atoms with E-state index in [1.807, 2.05) is 0 Å². The fourth-order valence-corrected chi connectivity index (χ4v) is 9.41. The molecule has 268 valence electrons. The van der Waals surface area contributed by atoms with Crippen LogP contribution in [-0.2, 0) is 16.2 Å². The lowest BCUT2D eigenvalue weighted by molar-refractivity contribution is 0.533. The van der Waals surface area contributed by atoms with Gasteiger partial charge >= 0.3 is 0 Å². The van der Waals surface area contributed by atoms with Crippen LogP contribution >= 0.6 is 0 Å². The van der Waals surface area contributed by atoms with Gasteiger partial charge in [-0.3, -0.25) is 0 Å². The maximum Gasteiger partial charge on any atom is 0.0503 e. The molecule has 0 radical (unpaired) electrons. The van der Waals surface area contributed by atoms with Gasteiger partial charge in [-0.25, -0.2) is 0 Å². The van der Waals surface area contributed by atoms with Gasteiger partial charge in [0.2, 0.25) is 0 Å². The molecule has 3 heterocycles. The summed E-state index contributed by atoms with van der Waals surface area (Å²) in [6.07, 6.45) is 7.88. The van der Waals surface area contributed by atoms with Crippen LogP contribution in [0.25, 0.3) is 0 Å². The van der Waals surface area contributed by atoms with E-state index in [9.17, 15) is 0 Å². The number of nitrogens with zero attached hydrogens (tertiary/aromatic N) is 3. The summed E-state index contributed by atoms with van der Waals surface area (Å²) in [5, 5.41) is 0. The zero-order valence-electron chi connectivity index (χ0n) is 32.6. The summed E-state index contributed by atoms with van der Waals surface area (Å²) in [4.78, 5) is 7.48. The van der Waals surface area contributed by atoms with Crippen molar-refractivity contribution in [3.05, 3.63) is 191 Å². The van der Waals surface area contributed by atoms with E-state index in [1.165, 1.54) is 56.3 Å². The zero-order valence-corrected chi connectivity index (χ0v) is 32.6. The number of para-hydroxylation sites is 5. The van der Waals surface area contributed by atoms with Crippen molar-refractivity contribution in [1.82, 2.24) is 0 Å². The molecule has 0 saturated heterocycles. The molecule has 0 spiro atoms. The predicted octanol–water partition coefficient (Wildman–Crippen LogP) is 14.2. The van der Waals surface area contributed by atoms with Gasteiger partial charge in [-0.1, -0.05) is 145 Å². The van der Waals surface area contributed by atoms with Gasteiger partial charge in [0.05, 0.1) is 39.8 Å². The minimum absolute atomic E-state index is 0.0439. The van der Waals surface area contributed by atoms with Crippen LogP contribution in [-0.4, -0.2) is 0 Å². The molecule has 6 aromatic rings. The molecule has 54 heavy (non-hydrogen) atoms. The van der Waals surface area contributed by atoms with Crippen LogP contribution in [0.15, 0.2) is 163 Å². The Labute approximate surface area is 321 Å². The Morgan fingerprint density at radius 3 is 1.11 bits per heavy atom. The summed E-state index contributed by atoms with van der Waals surface area (Å²) < 4.78 is 0. The Balaban J connectivity index is 1.38. The Kier molecular flexibility index (Phi) is 7.80. The van der Waals surface area contributed by atoms with Crippen LogP contribution in [0.5, 0.6) is 0 Å². The van der Waals surface area contributed by atoms with Crippen molar-refractivity contribution in [1.29, 1.82) is 0 Å². The molecule has 3 aliphatic heterocycles. The number of allylic oxidation sites excluding steroid dienone is 3. The smallest absolute Gasteiger partial charge is 0.0503 e. The van der Waals surface area contributed by atoms with E-state index in [4.69, 9.17) is 0 Å². The third-order valence-electron chi connectivity index (χ3n) is 12.3. The molecular weight excluding hydrogens is 655 g/mol. The van der Waals surface area contributed by atoms with Gasteiger partial charge in [0.15, 0.2) is 0 Å². The molecule has 3 heteroatoms. The SMILES string of the molecule is C/C=C1\C=C/CC(C)(C)c2ccccc2N1c1cc(N2c3ccccc3C(C)(C)c3ccccc32)cc(N2c3ccccc3C(C)(C)c3ccccc32)c1. The molecule has 9 rings (SSSR count). The highest BCUT2D eigenvalue weighted by Crippen LogP contribution is 2.56. The average Bonchev–Trinajstić information content (AvgIpc) is 3.17. The van der Waals surface area contributed by atoms with Crippen LogP contribution in [0.1, 0.15) is 82.7 Å². The van der Waals surface area contributed by atoms with Crippen molar-refractivity contribution in [3.63, 3.8) is 0 Å². The second-order valence-corrected chi connectivity index (χ2v) is 16.8. The van der Waals surface area contributed by atoms with Gasteiger partial charge in [0.1, 0.15) is 0 Å². The van der Waals surface area contributed by atoms with E-state index in [0.29, 0.717) is 0 Å². The Hall–Kier alpha value is -5.80. The maximum absolute atomic E-state index is 2.50. The van der Waals surface area contributed by atoms with E-state index < -0.39 is 0 Å². The molecule has 0 unspecified atom stereocenters. The normalized spacial score (nSPS) is 18.7. The van der Waals surface area contributed by atoms with Gasteiger partial charge in [0, 0.05) is 22.2 Å². The molecule has 0 atom stereocenters. The lowest BCUT2D eigenvalue weighted by Crippen LogP contribution is -2.32. The van der Waals surface area contributed by atoms with E-state index in [0.717, 1.165) is 29.2 Å². The number of fused-ring (bicyclic) bond motifs is 5. The largest absolute Gasteiger partial charge is 0.310 e. The van der Waals surface area contributed by atoms with Gasteiger partial charge in [-0.05, 0) is 101 Å². The van der Waals surface area contributed by atoms with Crippen molar-refractivity contribution in [2.24, 2.45) is 0 Å². The molecule has 0 amide bonds. The summed E-state index contributed by atoms with van der Waals surface area (Å²) in [5.74, 6) is 0. The van der Waals surface area contributed by atoms with Gasteiger partial charge in [-0.2, -0.15) is 0 Å². The van der Waals surface area contributed by atoms with Crippen molar-refractivity contribution in [2.45, 2.75) is 71.1 Å². The highest BCUT2D eigenvalue weighted by Gasteiger charge is 2.39. The molecule has 6 aromatic carbocycles. The summed E-state index contributed by atoms with van der Waals surface area (Å²) in [7, 11) is 0. The Bertz CT molecular complexity index is 2270. The second-order valence-electron chi connectivity index (χ2n) is 16.8. The van der Waals surface area contributed by atoms with Gasteiger partial charge < -0.3 is 14.7 Å². The quantitative estimate of drug-likeness (QED) is 0.182. The van der Waals surface area contributed by atoms with Crippen molar-refractivity contribution in [3.8, 4) is 0 Å². The molecule has 0 aromatic heterocycles. The number of benzene rings is 6. The van der Waals surface area contributed by atoms with Crippen molar-refractivity contribution >= 4 is 45.5 Å². The molecule has 0 bridgehead atoms. The predicted molar refractivity (Wildman–Crippen MR) is 229 cm³/mol. The molecule has 3 nitrogen and oxygen atoms in total. The molecule has 0 saturated carbocycles. The number of anilines is 8. The zero-order chi connectivity index (χ0) is 37.4. The van der Waals surface area contributed by atoms with Gasteiger partial charge in [0.25, 0.3) is 0 Å². The summed E-state index contributed by atoms with van der Waals surface area (Å²) >= 11 is 0. The molecular formula is C51H49N3. The third kappa shape index (κ3) is 5.09. The lowest BCUT2D eigenvalue weighted by atomic mass is 9.73. The van der Waals surface area contributed by atoms with Crippen LogP contribution < -0.4 is 14.7 Å². The number of hydrogen-bond acceptors (Lipinski definition) is 3. The summed E-state index contributed by atoms with van der Waals surface area (Å²) in [5.41, 5.74) is 16.8. The third-order valence-corrected chi connectivity index (χ3v) is 12.3. The first-order valence-electron chi connectivity index (χ1n) is 19.4. The average molecular weight is 704 g/mol. The number of hydrogen-bond donors (Lipinski definition) is 0. The van der Waals surface area contributed by atoms with Crippen molar-refractivity contribution < 1.29 is 0 Å². The molecule has 0 N–H and O–H groups in total. The fraction of sp³-hybridized carbons (Fsp3) is 0.216. The minimum atomic E-state index is -0.156. The minimum Gasteiger partial charge on any atom is -0.310 e. The topological polar surface area (TPSA) is 9.72 Å². The van der Waals surface area contributed by atoms with E-state index >= 15 is 0 Å². The number of rotatable bonds is 3. The molecule has 0 aliphatic carbocycles. The fourth-order valence-electron chi connectivity index (χ4n) is 9.41. The first-order chi connectivity index (χ1) is 26.0. The Morgan fingerprint density at radius 1 is 0.426 bits per heavy atom. The second kappa shape index (κ2) is 12.4. The monoisotopic (exact) mass is 703 g/mol. The van der Waals surface area contributed by atoms with Crippen molar-refractivity contribution in [2.75, 3.05) is 14.7 Å². The molecule has 3 aliphatic rings. The standard InChI is InChI=1S/C51H49N3/c1-8-35-20-19-31-49(2,3)39-21-9-14-26-44(39)52(35)36-32-37(53-45-27-15-10-22-40(45)50(4,5)41-23-11-16-28-46(41)53)34-38(33-36)54-47-29-17-12-24-42(47)51(6,7)43-25-13-18-30-48(43)54/h8-30,32-34H,31H2,1-7H3/b20-19-,35-8+. The summed E-state index contributed by atoms with van der Waals surface area (Å²) in [6, 6.07) is 52.1. The molecule has 0 fully saturated rings. The van der Waals surface area contributed by atoms with E-state index in [1.54, 1.807) is 0 Å². The highest BCUT2D eigenvalue weighted by atomic mass is 15.2. The lowest BCUT2D eigenvalue weighted by Gasteiger charge is -2.44. The van der Waals surface area contributed by atoms with Crippen LogP contribution in [0, 0.1) is 0 Å². The van der Waals surface area contributed by atoms with E-state index in [-0.39, 0.29) is 16.2 Å². The van der Waals surface area contributed by atoms with Crippen LogP contribution in [0.2, 0.25) is 0 Å². The van der Waals surface area contributed by atoms with Crippen LogP contribution in [0.4, 0.5) is 45.5 Å². The van der Waals surface area contributed by atoms with E-state index in [2.05, 4.69) is 221 Å². The highest BCUT2D eigenvalue weighted by molar-refractivity contribution is 5.93.